The molecule has 1 saturated heterocycles. The topological polar surface area (TPSA) is 65.4 Å². The fourth-order valence-electron chi connectivity index (χ4n) is 2.42. The summed E-state index contributed by atoms with van der Waals surface area (Å²) >= 11 is 0. The van der Waals surface area contributed by atoms with Crippen molar-refractivity contribution in [3.8, 4) is 6.07 Å². The van der Waals surface area contributed by atoms with Crippen LogP contribution >= 0.6 is 0 Å². The van der Waals surface area contributed by atoms with Crippen molar-refractivity contribution in [2.75, 3.05) is 19.6 Å². The molecule has 0 bridgehead atoms. The molecular formula is C17H23N3O2. The average Bonchev–Trinajstić information content (AvgIpc) is 2.47. The van der Waals surface area contributed by atoms with E-state index in [9.17, 15) is 4.79 Å². The molecule has 1 aromatic rings. The van der Waals surface area contributed by atoms with Crippen molar-refractivity contribution in [2.24, 2.45) is 0 Å². The molecule has 2 rings (SSSR count). The van der Waals surface area contributed by atoms with Gasteiger partial charge in [-0.3, -0.25) is 0 Å². The second-order valence-corrected chi connectivity index (χ2v) is 6.51. The van der Waals surface area contributed by atoms with Crippen LogP contribution in [0.1, 0.15) is 37.9 Å². The van der Waals surface area contributed by atoms with Crippen LogP contribution in [0.3, 0.4) is 0 Å². The van der Waals surface area contributed by atoms with Gasteiger partial charge in [-0.15, -0.1) is 0 Å². The number of carbonyl (C=O) groups is 1. The molecule has 5 nitrogen and oxygen atoms in total. The lowest BCUT2D eigenvalue weighted by atomic mass is 10.0. The third-order valence-electron chi connectivity index (χ3n) is 3.49. The number of hydrogen-bond acceptors (Lipinski definition) is 4. The Morgan fingerprint density at radius 2 is 2.09 bits per heavy atom. The summed E-state index contributed by atoms with van der Waals surface area (Å²) in [6.45, 7) is 7.60. The van der Waals surface area contributed by atoms with Crippen molar-refractivity contribution in [3.63, 3.8) is 0 Å². The number of piperazine rings is 1. The number of nitrogens with zero attached hydrogens (tertiary/aromatic N) is 2. The summed E-state index contributed by atoms with van der Waals surface area (Å²) in [5, 5.41) is 12.1. The molecule has 0 aromatic heterocycles. The zero-order chi connectivity index (χ0) is 16.2. The maximum atomic E-state index is 12.2. The summed E-state index contributed by atoms with van der Waals surface area (Å²) in [5.41, 5.74) is 1.65. The van der Waals surface area contributed by atoms with Crippen LogP contribution in [0.15, 0.2) is 24.3 Å². The van der Waals surface area contributed by atoms with Gasteiger partial charge in [0.25, 0.3) is 0 Å². The van der Waals surface area contributed by atoms with Gasteiger partial charge < -0.3 is 15.0 Å². The summed E-state index contributed by atoms with van der Waals surface area (Å²) < 4.78 is 5.44. The van der Waals surface area contributed by atoms with Gasteiger partial charge in [-0.25, -0.2) is 4.79 Å². The van der Waals surface area contributed by atoms with Crippen molar-refractivity contribution in [2.45, 2.75) is 38.8 Å². The highest BCUT2D eigenvalue weighted by Gasteiger charge is 2.27. The Balaban J connectivity index is 2.01. The van der Waals surface area contributed by atoms with Crippen molar-refractivity contribution in [1.29, 1.82) is 5.26 Å². The minimum absolute atomic E-state index is 0.0948. The molecule has 0 saturated carbocycles. The van der Waals surface area contributed by atoms with E-state index in [1.807, 2.05) is 45.0 Å². The van der Waals surface area contributed by atoms with Gasteiger partial charge in [0.1, 0.15) is 5.60 Å². The molecule has 0 spiro atoms. The fourth-order valence-corrected chi connectivity index (χ4v) is 2.42. The van der Waals surface area contributed by atoms with E-state index >= 15 is 0 Å². The number of hydrogen-bond donors (Lipinski definition) is 1. The third kappa shape index (κ3) is 4.47. The highest BCUT2D eigenvalue weighted by Crippen LogP contribution is 2.20. The maximum Gasteiger partial charge on any atom is 0.410 e. The molecule has 0 radical (unpaired) electrons. The highest BCUT2D eigenvalue weighted by atomic mass is 16.6. The lowest BCUT2D eigenvalue weighted by Crippen LogP contribution is -2.49. The monoisotopic (exact) mass is 301 g/mol. The van der Waals surface area contributed by atoms with Crippen LogP contribution in [0, 0.1) is 11.3 Å². The Kier molecular flexibility index (Phi) is 5.04. The van der Waals surface area contributed by atoms with Crippen molar-refractivity contribution >= 4 is 6.09 Å². The maximum absolute atomic E-state index is 12.2. The number of rotatable bonds is 2. The van der Waals surface area contributed by atoms with E-state index in [0.29, 0.717) is 19.5 Å². The molecule has 1 N–H and O–H groups in total. The molecule has 1 aromatic carbocycles. The molecule has 5 heteroatoms. The molecule has 118 valence electrons. The van der Waals surface area contributed by atoms with Gasteiger partial charge >= 0.3 is 6.09 Å². The Hall–Kier alpha value is -2.06. The smallest absolute Gasteiger partial charge is 0.410 e. The number of carbonyl (C=O) groups excluding carboxylic acids is 1. The summed E-state index contributed by atoms with van der Waals surface area (Å²) in [6, 6.07) is 10.2. The van der Waals surface area contributed by atoms with Crippen LogP contribution in [-0.2, 0) is 11.2 Å². The summed E-state index contributed by atoms with van der Waals surface area (Å²) in [6.07, 6.45) is 0.155. The molecule has 1 aliphatic rings. The van der Waals surface area contributed by atoms with Gasteiger partial charge in [-0.2, -0.15) is 5.26 Å². The first-order chi connectivity index (χ1) is 10.4. The first kappa shape index (κ1) is 16.3. The molecule has 1 unspecified atom stereocenters. The first-order valence-electron chi connectivity index (χ1n) is 7.56. The van der Waals surface area contributed by atoms with Gasteiger partial charge in [0.2, 0.25) is 0 Å². The number of benzene rings is 1. The van der Waals surface area contributed by atoms with Crippen LogP contribution < -0.4 is 5.32 Å². The fraction of sp³-hybridized carbons (Fsp3) is 0.529. The molecule has 1 fully saturated rings. The summed E-state index contributed by atoms with van der Waals surface area (Å²) in [5.74, 6) is 0. The zero-order valence-electron chi connectivity index (χ0n) is 13.4. The van der Waals surface area contributed by atoms with Gasteiger partial charge in [-0.1, -0.05) is 24.3 Å². The third-order valence-corrected chi connectivity index (χ3v) is 3.49. The van der Waals surface area contributed by atoms with E-state index in [4.69, 9.17) is 10.00 Å². The van der Waals surface area contributed by atoms with Crippen LogP contribution in [0.25, 0.3) is 0 Å². The molecule has 0 aliphatic carbocycles. The zero-order valence-corrected chi connectivity index (χ0v) is 13.4. The van der Waals surface area contributed by atoms with E-state index in [1.165, 1.54) is 0 Å². The molecule has 1 amide bonds. The molecule has 1 aliphatic heterocycles. The minimum Gasteiger partial charge on any atom is -0.444 e. The number of nitrogens with one attached hydrogen (secondary N) is 1. The van der Waals surface area contributed by atoms with Crippen LogP contribution in [0.5, 0.6) is 0 Å². The number of amides is 1. The van der Waals surface area contributed by atoms with E-state index in [2.05, 4.69) is 11.4 Å². The lowest BCUT2D eigenvalue weighted by molar-refractivity contribution is 0.0195. The van der Waals surface area contributed by atoms with Gasteiger partial charge in [0, 0.05) is 19.6 Å². The number of ether oxygens (including phenoxy) is 1. The van der Waals surface area contributed by atoms with Crippen molar-refractivity contribution in [1.82, 2.24) is 10.2 Å². The molecule has 22 heavy (non-hydrogen) atoms. The second-order valence-electron chi connectivity index (χ2n) is 6.51. The van der Waals surface area contributed by atoms with Crippen molar-refractivity contribution < 1.29 is 9.53 Å². The van der Waals surface area contributed by atoms with Gasteiger partial charge in [-0.05, 0) is 31.9 Å². The Morgan fingerprint density at radius 3 is 2.68 bits per heavy atom. The van der Waals surface area contributed by atoms with Crippen LogP contribution in [0.2, 0.25) is 0 Å². The Bertz CT molecular complexity index is 555. The van der Waals surface area contributed by atoms with Crippen molar-refractivity contribution in [3.05, 3.63) is 35.4 Å². The highest BCUT2D eigenvalue weighted by molar-refractivity contribution is 5.68. The Labute approximate surface area is 131 Å². The Morgan fingerprint density at radius 1 is 1.41 bits per heavy atom. The predicted molar refractivity (Wildman–Crippen MR) is 84.3 cm³/mol. The SMILES string of the molecule is CC(C)(C)OC(=O)N1CCNC(c2ccc(CC#N)cc2)C1. The van der Waals surface area contributed by atoms with Crippen LogP contribution in [0.4, 0.5) is 4.79 Å². The van der Waals surface area contributed by atoms with Gasteiger partial charge in [0.05, 0.1) is 18.5 Å². The first-order valence-corrected chi connectivity index (χ1v) is 7.56. The molecular weight excluding hydrogens is 278 g/mol. The molecule has 1 heterocycles. The summed E-state index contributed by atoms with van der Waals surface area (Å²) in [7, 11) is 0. The van der Waals surface area contributed by atoms with E-state index in [1.54, 1.807) is 4.90 Å². The normalized spacial score (nSPS) is 18.6. The van der Waals surface area contributed by atoms with Gasteiger partial charge in [0.15, 0.2) is 0 Å². The largest absolute Gasteiger partial charge is 0.444 e. The quantitative estimate of drug-likeness (QED) is 0.912. The standard InChI is InChI=1S/C17H23N3O2/c1-17(2,3)22-16(21)20-11-10-19-15(12-20)14-6-4-13(5-7-14)8-9-18/h4-7,15,19H,8,10-12H2,1-3H3. The number of nitriles is 1. The van der Waals surface area contributed by atoms with E-state index in [0.717, 1.165) is 17.7 Å². The minimum atomic E-state index is -0.476. The van der Waals surface area contributed by atoms with E-state index in [-0.39, 0.29) is 12.1 Å². The second kappa shape index (κ2) is 6.80. The molecule has 1 atom stereocenters. The lowest BCUT2D eigenvalue weighted by Gasteiger charge is -2.35. The summed E-state index contributed by atoms with van der Waals surface area (Å²) in [4.78, 5) is 13.9. The van der Waals surface area contributed by atoms with Crippen LogP contribution in [-0.4, -0.2) is 36.2 Å². The van der Waals surface area contributed by atoms with E-state index < -0.39 is 5.60 Å². The predicted octanol–water partition coefficient (Wildman–Crippen LogP) is 2.63. The average molecular weight is 301 g/mol.